The van der Waals surface area contributed by atoms with Crippen LogP contribution in [0.2, 0.25) is 10.0 Å². The van der Waals surface area contributed by atoms with E-state index in [1.807, 2.05) is 19.9 Å². The molecular formula is C34H29Cl2N3O6S2. The predicted octanol–water partition coefficient (Wildman–Crippen LogP) is 8.05. The van der Waals surface area contributed by atoms with Crippen molar-refractivity contribution in [2.75, 3.05) is 18.1 Å². The number of thioether (sulfide) groups is 1. The summed E-state index contributed by atoms with van der Waals surface area (Å²) >= 11 is 14.9. The molecule has 0 saturated carbocycles. The normalized spacial score (nSPS) is 18.3. The Morgan fingerprint density at radius 2 is 1.96 bits per heavy atom. The summed E-state index contributed by atoms with van der Waals surface area (Å²) in [6.07, 6.45) is 2.27. The van der Waals surface area contributed by atoms with Crippen molar-refractivity contribution in [1.82, 2.24) is 10.2 Å². The third-order valence-corrected chi connectivity index (χ3v) is 10.2. The molecule has 1 aromatic heterocycles. The second-order valence-electron chi connectivity index (χ2n) is 10.7. The second-order valence-corrected chi connectivity index (χ2v) is 13.8. The molecule has 1 saturated heterocycles. The maximum atomic E-state index is 13.8. The number of anilines is 1. The second kappa shape index (κ2) is 14.0. The molecule has 3 heterocycles. The van der Waals surface area contributed by atoms with Crippen LogP contribution in [0.3, 0.4) is 0 Å². The summed E-state index contributed by atoms with van der Waals surface area (Å²) in [4.78, 5) is 28.9. The Morgan fingerprint density at radius 3 is 2.72 bits per heavy atom. The van der Waals surface area contributed by atoms with E-state index in [0.29, 0.717) is 55.8 Å². The monoisotopic (exact) mass is 709 g/mol. The lowest BCUT2D eigenvalue weighted by molar-refractivity contribution is -0.132. The van der Waals surface area contributed by atoms with Crippen molar-refractivity contribution in [1.29, 1.82) is 0 Å². The standard InChI is InChI=1S/C34H29Cl2N3O6S2/c1-4-12-44-26-11-7-19(15-27(26)43-5-2)29-28(30(40)20-8-10-25-22(14-20)13-18(3)45-25)31(41)32(42)39(29)33-37-38-34(47-33)46-17-21-6-9-23(35)16-24(21)36/h4,6-11,14-16,18,29,40H,1,5,12-13,17H2,2-3H3/t18-,29-/m1/s1. The first-order valence-electron chi connectivity index (χ1n) is 14.7. The van der Waals surface area contributed by atoms with Gasteiger partial charge in [-0.15, -0.1) is 10.2 Å². The van der Waals surface area contributed by atoms with Crippen molar-refractivity contribution in [3.63, 3.8) is 0 Å². The summed E-state index contributed by atoms with van der Waals surface area (Å²) < 4.78 is 18.0. The van der Waals surface area contributed by atoms with Gasteiger partial charge in [0.15, 0.2) is 15.8 Å². The zero-order chi connectivity index (χ0) is 33.2. The molecule has 0 radical (unpaired) electrons. The number of carbonyl (C=O) groups is 2. The average Bonchev–Trinajstić information content (AvgIpc) is 3.74. The largest absolute Gasteiger partial charge is 0.507 e. The molecule has 2 atom stereocenters. The van der Waals surface area contributed by atoms with Crippen LogP contribution in [0.5, 0.6) is 17.2 Å². The minimum Gasteiger partial charge on any atom is -0.507 e. The van der Waals surface area contributed by atoms with E-state index in [4.69, 9.17) is 37.4 Å². The number of aliphatic hydroxyl groups is 1. The highest BCUT2D eigenvalue weighted by molar-refractivity contribution is 8.00. The number of hydrogen-bond acceptors (Lipinski definition) is 10. The molecular weight excluding hydrogens is 681 g/mol. The number of ketones is 1. The highest BCUT2D eigenvalue weighted by Crippen LogP contribution is 2.46. The number of carbonyl (C=O) groups excluding carboxylic acids is 2. The summed E-state index contributed by atoms with van der Waals surface area (Å²) in [6.45, 7) is 8.10. The zero-order valence-electron chi connectivity index (χ0n) is 25.4. The van der Waals surface area contributed by atoms with Crippen LogP contribution < -0.4 is 19.1 Å². The van der Waals surface area contributed by atoms with Gasteiger partial charge >= 0.3 is 5.91 Å². The van der Waals surface area contributed by atoms with Crippen LogP contribution in [0.1, 0.15) is 42.1 Å². The van der Waals surface area contributed by atoms with Crippen LogP contribution in [0, 0.1) is 0 Å². The number of aromatic nitrogens is 2. The van der Waals surface area contributed by atoms with Crippen molar-refractivity contribution in [2.45, 2.75) is 42.5 Å². The van der Waals surface area contributed by atoms with E-state index in [0.717, 1.165) is 28.2 Å². The van der Waals surface area contributed by atoms with Gasteiger partial charge in [-0.25, -0.2) is 0 Å². The molecule has 2 aliphatic rings. The van der Waals surface area contributed by atoms with Crippen molar-refractivity contribution < 1.29 is 28.9 Å². The third kappa shape index (κ3) is 6.71. The van der Waals surface area contributed by atoms with Gasteiger partial charge in [-0.3, -0.25) is 14.5 Å². The van der Waals surface area contributed by atoms with Gasteiger partial charge in [0.2, 0.25) is 5.13 Å². The fraction of sp³-hybridized carbons (Fsp3) is 0.235. The molecule has 13 heteroatoms. The Kier molecular flexibility index (Phi) is 9.79. The van der Waals surface area contributed by atoms with Crippen LogP contribution in [0.4, 0.5) is 5.13 Å². The number of nitrogens with zero attached hydrogens (tertiary/aromatic N) is 3. The number of fused-ring (bicyclic) bond motifs is 1. The van der Waals surface area contributed by atoms with E-state index in [9.17, 15) is 14.7 Å². The van der Waals surface area contributed by atoms with Crippen LogP contribution in [-0.2, 0) is 21.8 Å². The Morgan fingerprint density at radius 1 is 1.13 bits per heavy atom. The average molecular weight is 711 g/mol. The smallest absolute Gasteiger partial charge is 0.301 e. The summed E-state index contributed by atoms with van der Waals surface area (Å²) in [5, 5.41) is 21.6. The number of amides is 1. The van der Waals surface area contributed by atoms with Gasteiger partial charge in [-0.05, 0) is 73.0 Å². The number of halogens is 2. The van der Waals surface area contributed by atoms with Gasteiger partial charge in [0, 0.05) is 27.8 Å². The summed E-state index contributed by atoms with van der Waals surface area (Å²) in [5.41, 5.74) is 2.58. The van der Waals surface area contributed by atoms with E-state index in [2.05, 4.69) is 16.8 Å². The first kappa shape index (κ1) is 32.9. The minimum absolute atomic E-state index is 0.00743. The molecule has 0 bridgehead atoms. The molecule has 1 fully saturated rings. The number of Topliss-reactive ketones (excluding diaryl/α,β-unsaturated/α-hetero) is 1. The summed E-state index contributed by atoms with van der Waals surface area (Å²) in [5.74, 6) is 0.0938. The molecule has 4 aromatic rings. The molecule has 6 rings (SSSR count). The molecule has 9 nitrogen and oxygen atoms in total. The van der Waals surface area contributed by atoms with E-state index in [1.165, 1.54) is 16.7 Å². The number of aliphatic hydroxyl groups excluding tert-OH is 1. The van der Waals surface area contributed by atoms with Gasteiger partial charge in [0.1, 0.15) is 24.2 Å². The Bertz CT molecular complexity index is 1910. The van der Waals surface area contributed by atoms with Gasteiger partial charge in [0.25, 0.3) is 5.78 Å². The Balaban J connectivity index is 1.42. The lowest BCUT2D eigenvalue weighted by Gasteiger charge is -2.23. The van der Waals surface area contributed by atoms with Gasteiger partial charge < -0.3 is 19.3 Å². The van der Waals surface area contributed by atoms with Crippen molar-refractivity contribution >= 4 is 68.9 Å². The Labute approximate surface area is 289 Å². The molecule has 3 aromatic carbocycles. The van der Waals surface area contributed by atoms with E-state index in [-0.39, 0.29) is 29.2 Å². The number of ether oxygens (including phenoxy) is 3. The lowest BCUT2D eigenvalue weighted by Crippen LogP contribution is -2.29. The molecule has 1 N–H and O–H groups in total. The van der Waals surface area contributed by atoms with E-state index >= 15 is 0 Å². The number of hydrogen-bond donors (Lipinski definition) is 1. The molecule has 0 unspecified atom stereocenters. The summed E-state index contributed by atoms with van der Waals surface area (Å²) in [6, 6.07) is 14.6. The van der Waals surface area contributed by atoms with Crippen LogP contribution in [0.25, 0.3) is 5.76 Å². The Hall–Kier alpha value is -4.03. The van der Waals surface area contributed by atoms with Crippen LogP contribution in [0.15, 0.2) is 77.2 Å². The van der Waals surface area contributed by atoms with Crippen molar-refractivity contribution in [2.24, 2.45) is 0 Å². The fourth-order valence-electron chi connectivity index (χ4n) is 5.44. The molecule has 0 spiro atoms. The number of benzene rings is 3. The van der Waals surface area contributed by atoms with E-state index in [1.54, 1.807) is 54.6 Å². The predicted molar refractivity (Wildman–Crippen MR) is 184 cm³/mol. The molecule has 0 aliphatic carbocycles. The fourth-order valence-corrected chi connectivity index (χ4v) is 7.86. The van der Waals surface area contributed by atoms with Crippen molar-refractivity contribution in [3.05, 3.63) is 105 Å². The number of rotatable bonds is 11. The summed E-state index contributed by atoms with van der Waals surface area (Å²) in [7, 11) is 0. The molecule has 242 valence electrons. The SMILES string of the molecule is C=CCOc1ccc([C@@H]2C(=C(O)c3ccc4c(c3)C[C@@H](C)O4)C(=O)C(=O)N2c2nnc(SCc3ccc(Cl)cc3Cl)s2)cc1OCC. The highest BCUT2D eigenvalue weighted by Gasteiger charge is 2.48. The third-order valence-electron chi connectivity index (χ3n) is 7.52. The maximum Gasteiger partial charge on any atom is 0.301 e. The first-order chi connectivity index (χ1) is 22.7. The van der Waals surface area contributed by atoms with Gasteiger partial charge in [0.05, 0.1) is 18.2 Å². The van der Waals surface area contributed by atoms with Crippen LogP contribution >= 0.6 is 46.3 Å². The van der Waals surface area contributed by atoms with Crippen LogP contribution in [-0.4, -0.2) is 46.3 Å². The lowest BCUT2D eigenvalue weighted by atomic mass is 9.94. The van der Waals surface area contributed by atoms with Gasteiger partial charge in [-0.1, -0.05) is 71.1 Å². The highest BCUT2D eigenvalue weighted by atomic mass is 35.5. The molecule has 2 aliphatic heterocycles. The quantitative estimate of drug-likeness (QED) is 0.0413. The zero-order valence-corrected chi connectivity index (χ0v) is 28.5. The molecule has 47 heavy (non-hydrogen) atoms. The first-order valence-corrected chi connectivity index (χ1v) is 17.3. The minimum atomic E-state index is -1.04. The topological polar surface area (TPSA) is 111 Å². The van der Waals surface area contributed by atoms with Gasteiger partial charge in [-0.2, -0.15) is 0 Å². The molecule has 1 amide bonds. The maximum absolute atomic E-state index is 13.8. The van der Waals surface area contributed by atoms with Crippen molar-refractivity contribution in [3.8, 4) is 17.2 Å². The van der Waals surface area contributed by atoms with E-state index < -0.39 is 17.7 Å².